The van der Waals surface area contributed by atoms with Gasteiger partial charge < -0.3 is 14.8 Å². The Morgan fingerprint density at radius 3 is 2.24 bits per heavy atom. The van der Waals surface area contributed by atoms with Crippen LogP contribution in [0.25, 0.3) is 0 Å². The van der Waals surface area contributed by atoms with E-state index in [0.29, 0.717) is 25.7 Å². The summed E-state index contributed by atoms with van der Waals surface area (Å²) in [4.78, 5) is 0. The Morgan fingerprint density at radius 2 is 1.62 bits per heavy atom. The molecule has 3 heteroatoms. The second-order valence-corrected chi connectivity index (χ2v) is 6.89. The third kappa shape index (κ3) is 8.86. The maximum Gasteiger partial charge on any atom is 0.0721 e. The molecule has 3 nitrogen and oxygen atoms in total. The molecule has 1 aromatic carbocycles. The van der Waals surface area contributed by atoms with Crippen LogP contribution in [-0.4, -0.2) is 25.4 Å². The molecule has 0 unspecified atom stereocenters. The topological polar surface area (TPSA) is 30.5 Å². The number of hydrogen-bond donors (Lipinski definition) is 1. The Morgan fingerprint density at radius 1 is 1.00 bits per heavy atom. The molecule has 0 aliphatic heterocycles. The van der Waals surface area contributed by atoms with Crippen LogP contribution in [0, 0.1) is 5.92 Å². The first-order valence-electron chi connectivity index (χ1n) is 7.86. The minimum Gasteiger partial charge on any atom is -0.379 e. The summed E-state index contributed by atoms with van der Waals surface area (Å²) in [7, 11) is 0. The average Bonchev–Trinajstić information content (AvgIpc) is 2.40. The summed E-state index contributed by atoms with van der Waals surface area (Å²) in [6, 6.07) is 8.44. The summed E-state index contributed by atoms with van der Waals surface area (Å²) in [5.74, 6) is 0.578. The van der Waals surface area contributed by atoms with Crippen molar-refractivity contribution in [1.82, 2.24) is 5.32 Å². The molecule has 0 spiro atoms. The van der Waals surface area contributed by atoms with Crippen LogP contribution in [0.5, 0.6) is 0 Å². The minimum absolute atomic E-state index is 0.124. The van der Waals surface area contributed by atoms with Crippen LogP contribution in [0.2, 0.25) is 0 Å². The van der Waals surface area contributed by atoms with Gasteiger partial charge in [-0.2, -0.15) is 0 Å². The maximum atomic E-state index is 5.72. The van der Waals surface area contributed by atoms with Crippen molar-refractivity contribution in [2.75, 3.05) is 19.8 Å². The molecule has 21 heavy (non-hydrogen) atoms. The average molecular weight is 293 g/mol. The third-order valence-electron chi connectivity index (χ3n) is 3.01. The van der Waals surface area contributed by atoms with Crippen molar-refractivity contribution in [2.45, 2.75) is 53.3 Å². The first-order valence-corrected chi connectivity index (χ1v) is 7.86. The highest BCUT2D eigenvalue weighted by molar-refractivity contribution is 5.26. The molecular formula is C18H31NO2. The highest BCUT2D eigenvalue weighted by Crippen LogP contribution is 2.12. The number of benzene rings is 1. The molecule has 0 aromatic heterocycles. The summed E-state index contributed by atoms with van der Waals surface area (Å²) in [6.45, 7) is 14.5. The molecule has 0 heterocycles. The van der Waals surface area contributed by atoms with Gasteiger partial charge >= 0.3 is 0 Å². The normalized spacial score (nSPS) is 12.1. The zero-order valence-corrected chi connectivity index (χ0v) is 14.2. The van der Waals surface area contributed by atoms with Gasteiger partial charge in [0.25, 0.3) is 0 Å². The molecule has 0 saturated heterocycles. The van der Waals surface area contributed by atoms with E-state index in [2.05, 4.69) is 64.2 Å². The third-order valence-corrected chi connectivity index (χ3v) is 3.01. The van der Waals surface area contributed by atoms with Crippen molar-refractivity contribution >= 4 is 0 Å². The zero-order valence-electron chi connectivity index (χ0n) is 14.2. The van der Waals surface area contributed by atoms with Crippen LogP contribution < -0.4 is 5.32 Å². The molecule has 0 fully saturated rings. The smallest absolute Gasteiger partial charge is 0.0721 e. The largest absolute Gasteiger partial charge is 0.379 e. The highest BCUT2D eigenvalue weighted by atomic mass is 16.5. The number of hydrogen-bond acceptors (Lipinski definition) is 3. The van der Waals surface area contributed by atoms with Gasteiger partial charge in [-0.1, -0.05) is 38.1 Å². The maximum absolute atomic E-state index is 5.72. The van der Waals surface area contributed by atoms with Gasteiger partial charge in [0.05, 0.1) is 19.8 Å². The van der Waals surface area contributed by atoms with Gasteiger partial charge in [-0.15, -0.1) is 0 Å². The summed E-state index contributed by atoms with van der Waals surface area (Å²) in [5, 5.41) is 3.52. The summed E-state index contributed by atoms with van der Waals surface area (Å²) < 4.78 is 11.2. The van der Waals surface area contributed by atoms with E-state index in [1.54, 1.807) is 0 Å². The van der Waals surface area contributed by atoms with Crippen LogP contribution in [0.1, 0.15) is 45.7 Å². The number of nitrogens with one attached hydrogen (secondary N) is 1. The molecule has 0 aliphatic carbocycles. The predicted molar refractivity (Wildman–Crippen MR) is 88.3 cm³/mol. The lowest BCUT2D eigenvalue weighted by molar-refractivity contribution is 0.0312. The minimum atomic E-state index is 0.124. The fourth-order valence-corrected chi connectivity index (χ4v) is 1.85. The summed E-state index contributed by atoms with van der Waals surface area (Å²) in [5.41, 5.74) is 2.67. The van der Waals surface area contributed by atoms with E-state index in [9.17, 15) is 0 Å². The molecular weight excluding hydrogens is 262 g/mol. The van der Waals surface area contributed by atoms with E-state index < -0.39 is 0 Å². The lowest BCUT2D eigenvalue weighted by Crippen LogP contribution is -2.35. The van der Waals surface area contributed by atoms with Crippen molar-refractivity contribution < 1.29 is 9.47 Å². The van der Waals surface area contributed by atoms with Gasteiger partial charge in [0.1, 0.15) is 0 Å². The van der Waals surface area contributed by atoms with E-state index in [0.717, 1.165) is 13.2 Å². The SMILES string of the molecule is CC(C)COCCOCc1ccccc1CNC(C)(C)C. The number of ether oxygens (including phenoxy) is 2. The molecule has 120 valence electrons. The van der Waals surface area contributed by atoms with Gasteiger partial charge in [0, 0.05) is 18.7 Å². The second-order valence-electron chi connectivity index (χ2n) is 6.89. The lowest BCUT2D eigenvalue weighted by Gasteiger charge is -2.21. The zero-order chi connectivity index (χ0) is 15.7. The van der Waals surface area contributed by atoms with Gasteiger partial charge in [0.15, 0.2) is 0 Å². The van der Waals surface area contributed by atoms with E-state index in [4.69, 9.17) is 9.47 Å². The fourth-order valence-electron chi connectivity index (χ4n) is 1.85. The molecule has 0 bridgehead atoms. The monoisotopic (exact) mass is 293 g/mol. The molecule has 1 N–H and O–H groups in total. The van der Waals surface area contributed by atoms with Crippen LogP contribution in [0.3, 0.4) is 0 Å². The highest BCUT2D eigenvalue weighted by Gasteiger charge is 2.10. The predicted octanol–water partition coefficient (Wildman–Crippen LogP) is 3.76. The van der Waals surface area contributed by atoms with Crippen LogP contribution in [0.4, 0.5) is 0 Å². The molecule has 1 aromatic rings. The van der Waals surface area contributed by atoms with Crippen molar-refractivity contribution in [3.05, 3.63) is 35.4 Å². The molecule has 0 aliphatic rings. The molecule has 0 radical (unpaired) electrons. The van der Waals surface area contributed by atoms with E-state index in [1.807, 2.05) is 0 Å². The Bertz CT molecular complexity index is 396. The molecule has 1 rings (SSSR count). The summed E-state index contributed by atoms with van der Waals surface area (Å²) >= 11 is 0. The van der Waals surface area contributed by atoms with E-state index in [-0.39, 0.29) is 5.54 Å². The van der Waals surface area contributed by atoms with Crippen molar-refractivity contribution in [3.8, 4) is 0 Å². The van der Waals surface area contributed by atoms with Crippen LogP contribution in [0.15, 0.2) is 24.3 Å². The van der Waals surface area contributed by atoms with Crippen molar-refractivity contribution in [2.24, 2.45) is 5.92 Å². The van der Waals surface area contributed by atoms with Gasteiger partial charge in [-0.05, 0) is 37.8 Å². The Hall–Kier alpha value is -0.900. The quantitative estimate of drug-likeness (QED) is 0.703. The Kier molecular flexibility index (Phi) is 7.94. The Balaban J connectivity index is 2.34. The number of rotatable bonds is 9. The van der Waals surface area contributed by atoms with Crippen molar-refractivity contribution in [3.63, 3.8) is 0 Å². The van der Waals surface area contributed by atoms with E-state index >= 15 is 0 Å². The van der Waals surface area contributed by atoms with Crippen LogP contribution in [-0.2, 0) is 22.6 Å². The van der Waals surface area contributed by atoms with Crippen molar-refractivity contribution in [1.29, 1.82) is 0 Å². The molecule has 0 amide bonds. The van der Waals surface area contributed by atoms with Gasteiger partial charge in [-0.3, -0.25) is 0 Å². The molecule has 0 atom stereocenters. The Labute approximate surface area is 130 Å². The van der Waals surface area contributed by atoms with E-state index in [1.165, 1.54) is 11.1 Å². The van der Waals surface area contributed by atoms with Crippen LogP contribution >= 0.6 is 0 Å². The standard InChI is InChI=1S/C18H31NO2/c1-15(2)13-20-10-11-21-14-17-9-7-6-8-16(17)12-19-18(3,4)5/h6-9,15,19H,10-14H2,1-5H3. The summed E-state index contributed by atoms with van der Waals surface area (Å²) in [6.07, 6.45) is 0. The molecule has 0 saturated carbocycles. The van der Waals surface area contributed by atoms with Gasteiger partial charge in [0.2, 0.25) is 0 Å². The van der Waals surface area contributed by atoms with Gasteiger partial charge in [-0.25, -0.2) is 0 Å². The first kappa shape index (κ1) is 18.1. The fraction of sp³-hybridized carbons (Fsp3) is 0.667. The lowest BCUT2D eigenvalue weighted by atomic mass is 10.1. The first-order chi connectivity index (χ1) is 9.88. The second kappa shape index (κ2) is 9.19.